The summed E-state index contributed by atoms with van der Waals surface area (Å²) in [6.07, 6.45) is 8.85. The van der Waals surface area contributed by atoms with Crippen LogP contribution in [0.5, 0.6) is 5.75 Å². The Morgan fingerprint density at radius 2 is 2.14 bits per heavy atom. The van der Waals surface area contributed by atoms with E-state index in [0.717, 1.165) is 43.9 Å². The van der Waals surface area contributed by atoms with Gasteiger partial charge in [-0.25, -0.2) is 0 Å². The molecule has 1 amide bonds. The number of piperidine rings is 2. The van der Waals surface area contributed by atoms with Crippen LogP contribution in [0, 0.1) is 5.92 Å². The SMILES string of the molecule is COCCCN(CC1CCCN2CCCCC12)C(=O)Cc1ccc2c(c1)CCO2. The van der Waals surface area contributed by atoms with Crippen LogP contribution in [-0.2, 0) is 22.4 Å². The number of benzene rings is 1. The lowest BCUT2D eigenvalue weighted by atomic mass is 9.83. The molecule has 3 heterocycles. The van der Waals surface area contributed by atoms with Crippen LogP contribution in [0.15, 0.2) is 18.2 Å². The second kappa shape index (κ2) is 9.94. The van der Waals surface area contributed by atoms with Gasteiger partial charge in [0.05, 0.1) is 13.0 Å². The Kier molecular flexibility index (Phi) is 7.09. The molecule has 0 spiro atoms. The fourth-order valence-corrected chi connectivity index (χ4v) is 5.43. The van der Waals surface area contributed by atoms with E-state index in [1.165, 1.54) is 50.8 Å². The molecule has 1 aromatic rings. The van der Waals surface area contributed by atoms with Gasteiger partial charge in [0.15, 0.2) is 0 Å². The van der Waals surface area contributed by atoms with Gasteiger partial charge in [0.2, 0.25) is 5.91 Å². The van der Waals surface area contributed by atoms with Crippen LogP contribution in [0.2, 0.25) is 0 Å². The van der Waals surface area contributed by atoms with Crippen LogP contribution in [0.4, 0.5) is 0 Å². The maximum Gasteiger partial charge on any atom is 0.227 e. The molecule has 2 unspecified atom stereocenters. The molecule has 5 heteroatoms. The summed E-state index contributed by atoms with van der Waals surface area (Å²) in [5.41, 5.74) is 2.35. The van der Waals surface area contributed by atoms with Crippen molar-refractivity contribution in [3.63, 3.8) is 0 Å². The summed E-state index contributed by atoms with van der Waals surface area (Å²) in [5.74, 6) is 1.86. The molecule has 2 atom stereocenters. The molecule has 3 aliphatic rings. The number of ether oxygens (including phenoxy) is 2. The number of hydrogen-bond acceptors (Lipinski definition) is 4. The highest BCUT2D eigenvalue weighted by Crippen LogP contribution is 2.32. The van der Waals surface area contributed by atoms with Gasteiger partial charge in [-0.05, 0) is 68.3 Å². The second-order valence-corrected chi connectivity index (χ2v) is 8.90. The molecule has 0 radical (unpaired) electrons. The van der Waals surface area contributed by atoms with Crippen LogP contribution < -0.4 is 4.74 Å². The average Bonchev–Trinajstić information content (AvgIpc) is 3.21. The van der Waals surface area contributed by atoms with E-state index in [1.807, 2.05) is 6.07 Å². The predicted octanol–water partition coefficient (Wildman–Crippen LogP) is 3.29. The van der Waals surface area contributed by atoms with Crippen LogP contribution in [0.25, 0.3) is 0 Å². The van der Waals surface area contributed by atoms with Gasteiger partial charge in [0.25, 0.3) is 0 Å². The molecule has 0 aliphatic carbocycles. The van der Waals surface area contributed by atoms with Crippen LogP contribution in [-0.4, -0.2) is 68.3 Å². The predicted molar refractivity (Wildman–Crippen MR) is 114 cm³/mol. The van der Waals surface area contributed by atoms with Crippen molar-refractivity contribution in [2.24, 2.45) is 5.92 Å². The molecule has 2 saturated heterocycles. The third-order valence-corrected chi connectivity index (χ3v) is 6.92. The lowest BCUT2D eigenvalue weighted by Crippen LogP contribution is -2.52. The number of carbonyl (C=O) groups excluding carboxylic acids is 1. The molecule has 0 bridgehead atoms. The number of carbonyl (C=O) groups is 1. The summed E-state index contributed by atoms with van der Waals surface area (Å²) in [6, 6.07) is 6.92. The number of rotatable bonds is 8. The van der Waals surface area contributed by atoms with E-state index < -0.39 is 0 Å². The number of hydrogen-bond donors (Lipinski definition) is 0. The zero-order valence-electron chi connectivity index (χ0n) is 17.9. The topological polar surface area (TPSA) is 42.0 Å². The zero-order chi connectivity index (χ0) is 20.1. The van der Waals surface area contributed by atoms with Gasteiger partial charge >= 0.3 is 0 Å². The minimum atomic E-state index is 0.257. The molecule has 29 heavy (non-hydrogen) atoms. The quantitative estimate of drug-likeness (QED) is 0.628. The van der Waals surface area contributed by atoms with Gasteiger partial charge in [-0.1, -0.05) is 18.6 Å². The van der Waals surface area contributed by atoms with Crippen LogP contribution in [0.1, 0.15) is 49.7 Å². The fourth-order valence-electron chi connectivity index (χ4n) is 5.43. The van der Waals surface area contributed by atoms with Gasteiger partial charge in [-0.2, -0.15) is 0 Å². The van der Waals surface area contributed by atoms with Crippen molar-refractivity contribution in [3.05, 3.63) is 29.3 Å². The van der Waals surface area contributed by atoms with Crippen molar-refractivity contribution in [2.75, 3.05) is 46.5 Å². The largest absolute Gasteiger partial charge is 0.493 e. The van der Waals surface area contributed by atoms with Crippen molar-refractivity contribution < 1.29 is 14.3 Å². The van der Waals surface area contributed by atoms with E-state index in [1.54, 1.807) is 7.11 Å². The van der Waals surface area contributed by atoms with Crippen molar-refractivity contribution in [1.29, 1.82) is 0 Å². The molecule has 0 saturated carbocycles. The van der Waals surface area contributed by atoms with E-state index in [0.29, 0.717) is 25.0 Å². The Labute approximate surface area is 175 Å². The fraction of sp³-hybridized carbons (Fsp3) is 0.708. The molecule has 0 N–H and O–H groups in total. The Morgan fingerprint density at radius 3 is 3.03 bits per heavy atom. The molecule has 5 nitrogen and oxygen atoms in total. The van der Waals surface area contributed by atoms with Crippen molar-refractivity contribution in [3.8, 4) is 5.75 Å². The number of nitrogens with zero attached hydrogens (tertiary/aromatic N) is 2. The van der Waals surface area contributed by atoms with Gasteiger partial charge in [-0.3, -0.25) is 4.79 Å². The highest BCUT2D eigenvalue weighted by Gasteiger charge is 2.34. The number of fused-ring (bicyclic) bond motifs is 2. The van der Waals surface area contributed by atoms with E-state index in [9.17, 15) is 4.79 Å². The highest BCUT2D eigenvalue weighted by molar-refractivity contribution is 5.79. The summed E-state index contributed by atoms with van der Waals surface area (Å²) < 4.78 is 10.9. The minimum Gasteiger partial charge on any atom is -0.493 e. The third kappa shape index (κ3) is 5.13. The molecular weight excluding hydrogens is 364 g/mol. The first-order valence-electron chi connectivity index (χ1n) is 11.5. The van der Waals surface area contributed by atoms with E-state index in [4.69, 9.17) is 9.47 Å². The molecular formula is C24H36N2O3. The van der Waals surface area contributed by atoms with E-state index >= 15 is 0 Å². The van der Waals surface area contributed by atoms with Crippen molar-refractivity contribution >= 4 is 5.91 Å². The standard InChI is InChI=1S/C24H36N2O3/c1-28-14-5-13-26(18-21-6-4-12-25-11-3-2-7-22(21)25)24(27)17-19-8-9-23-20(16-19)10-15-29-23/h8-9,16,21-22H,2-7,10-15,17-18H2,1H3. The summed E-state index contributed by atoms with van der Waals surface area (Å²) in [7, 11) is 1.74. The molecule has 1 aromatic carbocycles. The number of amides is 1. The first-order valence-corrected chi connectivity index (χ1v) is 11.5. The van der Waals surface area contributed by atoms with Crippen molar-refractivity contribution in [1.82, 2.24) is 9.80 Å². The Morgan fingerprint density at radius 1 is 1.24 bits per heavy atom. The second-order valence-electron chi connectivity index (χ2n) is 8.90. The zero-order valence-corrected chi connectivity index (χ0v) is 17.9. The Bertz CT molecular complexity index is 691. The van der Waals surface area contributed by atoms with Crippen LogP contribution >= 0.6 is 0 Å². The molecule has 160 valence electrons. The molecule has 3 aliphatic heterocycles. The van der Waals surface area contributed by atoms with E-state index in [2.05, 4.69) is 21.9 Å². The summed E-state index contributed by atoms with van der Waals surface area (Å²) in [6.45, 7) is 5.66. The summed E-state index contributed by atoms with van der Waals surface area (Å²) >= 11 is 0. The Balaban J connectivity index is 1.42. The third-order valence-electron chi connectivity index (χ3n) is 6.92. The lowest BCUT2D eigenvalue weighted by molar-refractivity contribution is -0.132. The van der Waals surface area contributed by atoms with Gasteiger partial charge in [-0.15, -0.1) is 0 Å². The first-order chi connectivity index (χ1) is 14.2. The maximum atomic E-state index is 13.3. The lowest BCUT2D eigenvalue weighted by Gasteiger charge is -2.45. The van der Waals surface area contributed by atoms with Gasteiger partial charge < -0.3 is 19.3 Å². The summed E-state index contributed by atoms with van der Waals surface area (Å²) in [5, 5.41) is 0. The molecule has 2 fully saturated rings. The maximum absolute atomic E-state index is 13.3. The van der Waals surface area contributed by atoms with Crippen molar-refractivity contribution in [2.45, 2.75) is 57.4 Å². The van der Waals surface area contributed by atoms with Gasteiger partial charge in [0.1, 0.15) is 5.75 Å². The first kappa shape index (κ1) is 20.7. The smallest absolute Gasteiger partial charge is 0.227 e. The monoisotopic (exact) mass is 400 g/mol. The van der Waals surface area contributed by atoms with Gasteiger partial charge in [0, 0.05) is 39.3 Å². The minimum absolute atomic E-state index is 0.257. The normalized spacial score (nSPS) is 23.9. The Hall–Kier alpha value is -1.59. The molecule has 4 rings (SSSR count). The van der Waals surface area contributed by atoms with Crippen LogP contribution in [0.3, 0.4) is 0 Å². The van der Waals surface area contributed by atoms with E-state index in [-0.39, 0.29) is 5.91 Å². The summed E-state index contributed by atoms with van der Waals surface area (Å²) in [4.78, 5) is 18.1. The highest BCUT2D eigenvalue weighted by atomic mass is 16.5. The molecule has 0 aromatic heterocycles. The average molecular weight is 401 g/mol. The number of methoxy groups -OCH3 is 1.